The average Bonchev–Trinajstić information content (AvgIpc) is 1.97. The van der Waals surface area contributed by atoms with Gasteiger partial charge < -0.3 is 20.1 Å². The summed E-state index contributed by atoms with van der Waals surface area (Å²) in [5.41, 5.74) is 0. The topological polar surface area (TPSA) is 87.0 Å². The molecule has 5 heteroatoms. The van der Waals surface area contributed by atoms with Crippen LogP contribution in [0.4, 0.5) is 0 Å². The Morgan fingerprint density at radius 3 is 2.45 bits per heavy atom. The maximum Gasteiger partial charge on any atom is 0.228 e. The summed E-state index contributed by atoms with van der Waals surface area (Å²) in [6.45, 7) is 3.13. The first-order chi connectivity index (χ1) is 5.04. The molecule has 0 aliphatic carbocycles. The van der Waals surface area contributed by atoms with Crippen LogP contribution >= 0.6 is 0 Å². The number of carbonyl (C=O) groups excluding carboxylic acids is 1. The van der Waals surface area contributed by atoms with Crippen LogP contribution in [-0.2, 0) is 9.53 Å². The van der Waals surface area contributed by atoms with Gasteiger partial charge in [-0.15, -0.1) is 0 Å². The minimum Gasteiger partial charge on any atom is -0.459 e. The van der Waals surface area contributed by atoms with Gasteiger partial charge in [0.05, 0.1) is 0 Å². The maximum atomic E-state index is 10.7. The van der Waals surface area contributed by atoms with Crippen LogP contribution in [0.3, 0.4) is 0 Å². The van der Waals surface area contributed by atoms with Gasteiger partial charge in [0.2, 0.25) is 12.1 Å². The molecule has 0 spiro atoms. The van der Waals surface area contributed by atoms with Gasteiger partial charge in [0.1, 0.15) is 6.10 Å². The van der Waals surface area contributed by atoms with Crippen molar-refractivity contribution in [3.8, 4) is 0 Å². The third-order valence-corrected chi connectivity index (χ3v) is 1.42. The molecule has 1 rings (SSSR count). The minimum absolute atomic E-state index is 0.338. The second-order valence-electron chi connectivity index (χ2n) is 2.23. The highest BCUT2D eigenvalue weighted by atomic mass is 16.6. The molecule has 0 aromatic heterocycles. The summed E-state index contributed by atoms with van der Waals surface area (Å²) in [6, 6.07) is 0. The van der Waals surface area contributed by atoms with Crippen molar-refractivity contribution >= 4 is 5.78 Å². The SMILES string of the molecule is C=C1OC(O)[C@@H](O)C(O)C1=O. The largest absolute Gasteiger partial charge is 0.459 e. The van der Waals surface area contributed by atoms with Gasteiger partial charge in [-0.2, -0.15) is 0 Å². The van der Waals surface area contributed by atoms with Gasteiger partial charge in [-0.3, -0.25) is 4.79 Å². The van der Waals surface area contributed by atoms with Crippen LogP contribution in [0.15, 0.2) is 12.3 Å². The smallest absolute Gasteiger partial charge is 0.228 e. The molecular weight excluding hydrogens is 152 g/mol. The maximum absolute atomic E-state index is 10.7. The Kier molecular flexibility index (Phi) is 1.95. The lowest BCUT2D eigenvalue weighted by Crippen LogP contribution is -2.49. The molecule has 1 saturated heterocycles. The lowest BCUT2D eigenvalue weighted by atomic mass is 10.1. The first kappa shape index (κ1) is 8.19. The van der Waals surface area contributed by atoms with E-state index in [1.807, 2.05) is 0 Å². The number of hydrogen-bond donors (Lipinski definition) is 3. The molecule has 3 N–H and O–H groups in total. The Hall–Kier alpha value is -0.910. The zero-order chi connectivity index (χ0) is 8.59. The first-order valence-corrected chi connectivity index (χ1v) is 2.98. The molecular formula is C6H8O5. The molecule has 0 aromatic rings. The predicted molar refractivity (Wildman–Crippen MR) is 33.3 cm³/mol. The number of rotatable bonds is 0. The van der Waals surface area contributed by atoms with Crippen LogP contribution in [0.2, 0.25) is 0 Å². The summed E-state index contributed by atoms with van der Waals surface area (Å²) >= 11 is 0. The second kappa shape index (κ2) is 2.61. The number of hydrogen-bond acceptors (Lipinski definition) is 5. The van der Waals surface area contributed by atoms with E-state index in [0.717, 1.165) is 0 Å². The standard InChI is InChI=1S/C6H8O5/c1-2-3(7)4(8)5(9)6(10)11-2/h4-6,8-10H,1H2/t4?,5-,6?/m0/s1. The van der Waals surface area contributed by atoms with E-state index in [0.29, 0.717) is 0 Å². The van der Waals surface area contributed by atoms with Crippen molar-refractivity contribution < 1.29 is 24.9 Å². The van der Waals surface area contributed by atoms with Crippen LogP contribution in [0.1, 0.15) is 0 Å². The third kappa shape index (κ3) is 1.25. The number of carbonyl (C=O) groups is 1. The zero-order valence-corrected chi connectivity index (χ0v) is 5.60. The molecule has 1 fully saturated rings. The normalized spacial score (nSPS) is 38.6. The van der Waals surface area contributed by atoms with E-state index in [9.17, 15) is 4.79 Å². The molecule has 1 heterocycles. The molecule has 0 saturated carbocycles. The highest BCUT2D eigenvalue weighted by molar-refractivity contribution is 5.97. The summed E-state index contributed by atoms with van der Waals surface area (Å²) in [5, 5.41) is 26.5. The van der Waals surface area contributed by atoms with Crippen molar-refractivity contribution in [2.24, 2.45) is 0 Å². The molecule has 3 atom stereocenters. The molecule has 1 aliphatic rings. The molecule has 0 amide bonds. The predicted octanol–water partition coefficient (Wildman–Crippen LogP) is -1.86. The first-order valence-electron chi connectivity index (χ1n) is 2.98. The molecule has 5 nitrogen and oxygen atoms in total. The van der Waals surface area contributed by atoms with Crippen molar-refractivity contribution in [3.05, 3.63) is 12.3 Å². The highest BCUT2D eigenvalue weighted by Gasteiger charge is 2.39. The van der Waals surface area contributed by atoms with E-state index in [1.54, 1.807) is 0 Å². The van der Waals surface area contributed by atoms with Crippen LogP contribution < -0.4 is 0 Å². The quantitative estimate of drug-likeness (QED) is 0.362. The molecule has 0 radical (unpaired) electrons. The Morgan fingerprint density at radius 1 is 1.36 bits per heavy atom. The Morgan fingerprint density at radius 2 is 1.91 bits per heavy atom. The van der Waals surface area contributed by atoms with E-state index in [-0.39, 0.29) is 5.76 Å². The monoisotopic (exact) mass is 160 g/mol. The van der Waals surface area contributed by atoms with Gasteiger partial charge in [-0.05, 0) is 0 Å². The van der Waals surface area contributed by atoms with Crippen molar-refractivity contribution in [2.45, 2.75) is 18.5 Å². The van der Waals surface area contributed by atoms with Crippen molar-refractivity contribution in [1.82, 2.24) is 0 Å². The van der Waals surface area contributed by atoms with Crippen molar-refractivity contribution in [3.63, 3.8) is 0 Å². The number of aliphatic hydroxyl groups is 3. The third-order valence-electron chi connectivity index (χ3n) is 1.42. The molecule has 62 valence electrons. The molecule has 1 aliphatic heterocycles. The Labute approximate surface area is 62.5 Å². The van der Waals surface area contributed by atoms with E-state index >= 15 is 0 Å². The average molecular weight is 160 g/mol. The van der Waals surface area contributed by atoms with Crippen LogP contribution in [0, 0.1) is 0 Å². The van der Waals surface area contributed by atoms with E-state index < -0.39 is 24.3 Å². The summed E-state index contributed by atoms with van der Waals surface area (Å²) in [5.74, 6) is -1.14. The molecule has 0 bridgehead atoms. The van der Waals surface area contributed by atoms with E-state index in [1.165, 1.54) is 0 Å². The molecule has 0 aromatic carbocycles. The van der Waals surface area contributed by atoms with Gasteiger partial charge in [0, 0.05) is 0 Å². The lowest BCUT2D eigenvalue weighted by molar-refractivity contribution is -0.196. The van der Waals surface area contributed by atoms with E-state index in [4.69, 9.17) is 15.3 Å². The van der Waals surface area contributed by atoms with Crippen LogP contribution in [0.5, 0.6) is 0 Å². The second-order valence-corrected chi connectivity index (χ2v) is 2.23. The summed E-state index contributed by atoms with van der Waals surface area (Å²) < 4.78 is 4.38. The number of aliphatic hydroxyl groups excluding tert-OH is 3. The highest BCUT2D eigenvalue weighted by Crippen LogP contribution is 2.16. The number of ketones is 1. The van der Waals surface area contributed by atoms with Crippen LogP contribution in [0.25, 0.3) is 0 Å². The fraction of sp³-hybridized carbons (Fsp3) is 0.500. The molecule has 11 heavy (non-hydrogen) atoms. The summed E-state index contributed by atoms with van der Waals surface area (Å²) in [4.78, 5) is 10.7. The fourth-order valence-corrected chi connectivity index (χ4v) is 0.750. The summed E-state index contributed by atoms with van der Waals surface area (Å²) in [6.07, 6.45) is -4.80. The minimum atomic E-state index is -1.63. The zero-order valence-electron chi connectivity index (χ0n) is 5.60. The Balaban J connectivity index is 2.78. The van der Waals surface area contributed by atoms with Gasteiger partial charge >= 0.3 is 0 Å². The Bertz CT molecular complexity index is 199. The van der Waals surface area contributed by atoms with E-state index in [2.05, 4.69) is 11.3 Å². The van der Waals surface area contributed by atoms with Crippen molar-refractivity contribution in [2.75, 3.05) is 0 Å². The van der Waals surface area contributed by atoms with Crippen LogP contribution in [-0.4, -0.2) is 39.6 Å². The van der Waals surface area contributed by atoms with Crippen molar-refractivity contribution in [1.29, 1.82) is 0 Å². The number of Topliss-reactive ketones (excluding diaryl/α,β-unsaturated/α-hetero) is 1. The van der Waals surface area contributed by atoms with Gasteiger partial charge in [-0.25, -0.2) is 0 Å². The fourth-order valence-electron chi connectivity index (χ4n) is 0.750. The summed E-state index contributed by atoms with van der Waals surface area (Å²) in [7, 11) is 0. The lowest BCUT2D eigenvalue weighted by Gasteiger charge is -2.28. The molecule has 2 unspecified atom stereocenters. The van der Waals surface area contributed by atoms with Gasteiger partial charge in [0.15, 0.2) is 11.9 Å². The number of ether oxygens (including phenoxy) is 1. The van der Waals surface area contributed by atoms with Gasteiger partial charge in [-0.1, -0.05) is 6.58 Å². The van der Waals surface area contributed by atoms with Gasteiger partial charge in [0.25, 0.3) is 0 Å².